The Labute approximate surface area is 164 Å². The quantitative estimate of drug-likeness (QED) is 0.653. The van der Waals surface area contributed by atoms with Crippen LogP contribution in [0.25, 0.3) is 0 Å². The third-order valence-corrected chi connectivity index (χ3v) is 5.15. The average molecular weight is 409 g/mol. The number of ether oxygens (including phenoxy) is 2. The molecule has 9 nitrogen and oxygen atoms in total. The van der Waals surface area contributed by atoms with Gasteiger partial charge in [0, 0.05) is 23.4 Å². The molecule has 0 unspecified atom stereocenters. The summed E-state index contributed by atoms with van der Waals surface area (Å²) in [4.78, 5) is 24.4. The summed E-state index contributed by atoms with van der Waals surface area (Å²) in [6, 6.07) is 7.24. The lowest BCUT2D eigenvalue weighted by molar-refractivity contribution is -0.154. The highest BCUT2D eigenvalue weighted by molar-refractivity contribution is 7.88. The highest BCUT2D eigenvalue weighted by atomic mass is 32.2. The van der Waals surface area contributed by atoms with Crippen LogP contribution in [0.3, 0.4) is 0 Å². The van der Waals surface area contributed by atoms with Crippen molar-refractivity contribution in [2.75, 3.05) is 7.11 Å². The Morgan fingerprint density at radius 1 is 1.25 bits per heavy atom. The van der Waals surface area contributed by atoms with Crippen LogP contribution in [-0.2, 0) is 31.1 Å². The summed E-state index contributed by atoms with van der Waals surface area (Å²) in [7, 11) is -2.23. The van der Waals surface area contributed by atoms with E-state index in [4.69, 9.17) is 9.47 Å². The lowest BCUT2D eigenvalue weighted by Gasteiger charge is -2.19. The Kier molecular flexibility index (Phi) is 6.79. The Morgan fingerprint density at radius 2 is 1.93 bits per heavy atom. The Morgan fingerprint density at radius 3 is 2.57 bits per heavy atom. The largest absolute Gasteiger partial charge is 0.496 e. The van der Waals surface area contributed by atoms with E-state index in [1.807, 2.05) is 18.2 Å². The van der Waals surface area contributed by atoms with Gasteiger partial charge in [-0.2, -0.15) is 8.42 Å². The fourth-order valence-corrected chi connectivity index (χ4v) is 3.68. The minimum absolute atomic E-state index is 0.201. The number of hydrogen-bond donors (Lipinski definition) is 2. The van der Waals surface area contributed by atoms with Gasteiger partial charge in [-0.15, -0.1) is 4.40 Å². The van der Waals surface area contributed by atoms with E-state index in [1.165, 1.54) is 20.8 Å². The zero-order valence-corrected chi connectivity index (χ0v) is 16.9. The number of carbonyl (C=O) groups excluding carboxylic acids is 2. The first-order valence-electron chi connectivity index (χ1n) is 8.51. The molecule has 1 aliphatic heterocycles. The molecular weight excluding hydrogens is 386 g/mol. The number of hydrogen-bond acceptors (Lipinski definition) is 6. The lowest BCUT2D eigenvalue weighted by atomic mass is 10.1. The van der Waals surface area contributed by atoms with Crippen LogP contribution in [-0.4, -0.2) is 39.2 Å². The van der Waals surface area contributed by atoms with Gasteiger partial charge < -0.3 is 14.8 Å². The molecular formula is C18H23N3O6S. The number of benzene rings is 1. The van der Waals surface area contributed by atoms with E-state index >= 15 is 0 Å². The summed E-state index contributed by atoms with van der Waals surface area (Å²) >= 11 is 0. The molecule has 0 spiro atoms. The van der Waals surface area contributed by atoms with Gasteiger partial charge in [0.1, 0.15) is 5.75 Å². The van der Waals surface area contributed by atoms with Crippen molar-refractivity contribution >= 4 is 27.8 Å². The molecule has 1 heterocycles. The third kappa shape index (κ3) is 5.56. The summed E-state index contributed by atoms with van der Waals surface area (Å²) in [6.07, 6.45) is -1.21. The number of amides is 1. The second-order valence-corrected chi connectivity index (χ2v) is 7.53. The molecule has 0 saturated carbocycles. The van der Waals surface area contributed by atoms with Gasteiger partial charge in [-0.3, -0.25) is 14.3 Å². The van der Waals surface area contributed by atoms with Gasteiger partial charge in [0.15, 0.2) is 6.10 Å². The van der Waals surface area contributed by atoms with Gasteiger partial charge in [0.2, 0.25) is 0 Å². The monoisotopic (exact) mass is 409 g/mol. The number of methoxy groups -OCH3 is 1. The van der Waals surface area contributed by atoms with Crippen molar-refractivity contribution in [1.82, 2.24) is 10.0 Å². The minimum atomic E-state index is -3.77. The van der Waals surface area contributed by atoms with Gasteiger partial charge in [0.25, 0.3) is 5.91 Å². The van der Waals surface area contributed by atoms with E-state index in [0.717, 1.165) is 5.56 Å². The van der Waals surface area contributed by atoms with Crippen molar-refractivity contribution in [3.63, 3.8) is 0 Å². The standard InChI is InChI=1S/C18H23N3O6S/c1-11-15(12(2)21-28(24,25)20-11)9-17(22)27-13(3)18(23)19-10-14-7-5-6-8-16(14)26-4/h5-8,13,20H,9-10H2,1-4H3,(H,19,23)/t13-/m1/s1. The molecule has 28 heavy (non-hydrogen) atoms. The van der Waals surface area contributed by atoms with Gasteiger partial charge in [-0.05, 0) is 26.8 Å². The molecule has 1 aromatic rings. The van der Waals surface area contributed by atoms with E-state index in [-0.39, 0.29) is 18.7 Å². The van der Waals surface area contributed by atoms with E-state index < -0.39 is 28.2 Å². The van der Waals surface area contributed by atoms with Crippen LogP contribution >= 0.6 is 0 Å². The van der Waals surface area contributed by atoms with Crippen LogP contribution in [0.1, 0.15) is 32.8 Å². The maximum atomic E-state index is 12.2. The SMILES string of the molecule is COc1ccccc1CNC(=O)[C@@H](C)OC(=O)CC1=C(C)NS(=O)(=O)N=C1C. The van der Waals surface area contributed by atoms with Crippen LogP contribution < -0.4 is 14.8 Å². The number of esters is 1. The highest BCUT2D eigenvalue weighted by Gasteiger charge is 2.24. The first-order chi connectivity index (χ1) is 13.1. The first-order valence-corrected chi connectivity index (χ1v) is 9.95. The molecule has 1 aliphatic rings. The fraction of sp³-hybridized carbons (Fsp3) is 0.389. The maximum absolute atomic E-state index is 12.2. The summed E-state index contributed by atoms with van der Waals surface area (Å²) in [5, 5.41) is 2.69. The first kappa shape index (κ1) is 21.4. The van der Waals surface area contributed by atoms with Crippen molar-refractivity contribution in [3.8, 4) is 5.75 Å². The molecule has 0 bridgehead atoms. The minimum Gasteiger partial charge on any atom is -0.496 e. The summed E-state index contributed by atoms with van der Waals surface area (Å²) in [5.41, 5.74) is 1.72. The van der Waals surface area contributed by atoms with Crippen molar-refractivity contribution in [1.29, 1.82) is 0 Å². The molecule has 1 atom stereocenters. The molecule has 0 radical (unpaired) electrons. The summed E-state index contributed by atoms with van der Waals surface area (Å²) in [6.45, 7) is 4.71. The van der Waals surface area contributed by atoms with E-state index in [9.17, 15) is 18.0 Å². The van der Waals surface area contributed by atoms with E-state index in [0.29, 0.717) is 17.0 Å². The van der Waals surface area contributed by atoms with Crippen LogP contribution in [0.5, 0.6) is 5.75 Å². The number of para-hydroxylation sites is 1. The highest BCUT2D eigenvalue weighted by Crippen LogP contribution is 2.18. The smallest absolute Gasteiger partial charge is 0.342 e. The van der Waals surface area contributed by atoms with Crippen LogP contribution in [0.4, 0.5) is 0 Å². The van der Waals surface area contributed by atoms with Crippen molar-refractivity contribution in [2.45, 2.75) is 39.8 Å². The molecule has 2 N–H and O–H groups in total. The molecule has 1 amide bonds. The molecule has 0 fully saturated rings. The Balaban J connectivity index is 1.91. The number of nitrogens with zero attached hydrogens (tertiary/aromatic N) is 1. The Bertz CT molecular complexity index is 936. The van der Waals surface area contributed by atoms with Crippen LogP contribution in [0.15, 0.2) is 39.9 Å². The van der Waals surface area contributed by atoms with Crippen molar-refractivity contribution < 1.29 is 27.5 Å². The van der Waals surface area contributed by atoms with Gasteiger partial charge in [-0.1, -0.05) is 18.2 Å². The molecule has 0 aliphatic carbocycles. The fourth-order valence-electron chi connectivity index (χ4n) is 2.66. The molecule has 152 valence electrons. The van der Waals surface area contributed by atoms with Gasteiger partial charge in [0.05, 0.1) is 19.2 Å². The topological polar surface area (TPSA) is 123 Å². The molecule has 0 saturated heterocycles. The molecule has 1 aromatic carbocycles. The normalized spacial score (nSPS) is 16.5. The number of allylic oxidation sites excluding steroid dienone is 1. The maximum Gasteiger partial charge on any atom is 0.342 e. The predicted molar refractivity (Wildman–Crippen MR) is 103 cm³/mol. The molecule has 0 aromatic heterocycles. The lowest BCUT2D eigenvalue weighted by Crippen LogP contribution is -2.36. The van der Waals surface area contributed by atoms with Crippen LogP contribution in [0, 0.1) is 0 Å². The van der Waals surface area contributed by atoms with Crippen LogP contribution in [0.2, 0.25) is 0 Å². The average Bonchev–Trinajstić information content (AvgIpc) is 2.62. The number of nitrogens with one attached hydrogen (secondary N) is 2. The van der Waals surface area contributed by atoms with Gasteiger partial charge >= 0.3 is 16.2 Å². The summed E-state index contributed by atoms with van der Waals surface area (Å²) in [5.74, 6) is -0.478. The van der Waals surface area contributed by atoms with Gasteiger partial charge in [-0.25, -0.2) is 0 Å². The van der Waals surface area contributed by atoms with E-state index in [2.05, 4.69) is 14.4 Å². The summed E-state index contributed by atoms with van der Waals surface area (Å²) < 4.78 is 39.1. The number of carbonyl (C=O) groups is 2. The number of rotatable bonds is 7. The molecule has 10 heteroatoms. The molecule has 2 rings (SSSR count). The van der Waals surface area contributed by atoms with E-state index in [1.54, 1.807) is 13.2 Å². The zero-order chi connectivity index (χ0) is 20.9. The second-order valence-electron chi connectivity index (χ2n) is 6.20. The van der Waals surface area contributed by atoms with Crippen molar-refractivity contribution in [2.24, 2.45) is 4.40 Å². The predicted octanol–water partition coefficient (Wildman–Crippen LogP) is 1.22. The second kappa shape index (κ2) is 8.87. The zero-order valence-electron chi connectivity index (χ0n) is 16.1. The Hall–Kier alpha value is -2.88. The van der Waals surface area contributed by atoms with Crippen molar-refractivity contribution in [3.05, 3.63) is 41.1 Å². The third-order valence-electron chi connectivity index (χ3n) is 4.07.